The third-order valence-electron chi connectivity index (χ3n) is 4.03. The van der Waals surface area contributed by atoms with Crippen molar-refractivity contribution in [2.45, 2.75) is 18.2 Å². The molecule has 28 heavy (non-hydrogen) atoms. The number of benzene rings is 1. The average molecular weight is 454 g/mol. The number of nitrogens with zero attached hydrogens (tertiary/aromatic N) is 2. The van der Waals surface area contributed by atoms with Crippen LogP contribution in [0.25, 0.3) is 5.69 Å². The lowest BCUT2D eigenvalue weighted by atomic mass is 10.1. The zero-order valence-corrected chi connectivity index (χ0v) is 18.4. The number of halogens is 1. The number of aromatic nitrogens is 3. The third kappa shape index (κ3) is 4.22. The monoisotopic (exact) mass is 453 g/mol. The number of aromatic amines is 1. The van der Waals surface area contributed by atoms with Crippen molar-refractivity contribution in [2.24, 2.45) is 0 Å². The Kier molecular flexibility index (Phi) is 6.39. The van der Waals surface area contributed by atoms with Gasteiger partial charge in [-0.25, -0.2) is 9.48 Å². The summed E-state index contributed by atoms with van der Waals surface area (Å²) in [5.41, 5.74) is 2.82. The quantitative estimate of drug-likeness (QED) is 0.244. The van der Waals surface area contributed by atoms with Crippen LogP contribution in [0, 0.1) is 17.8 Å². The number of carbonyl (C=O) groups is 2. The molecule has 0 radical (unpaired) electrons. The standard InChI is InChI=1S/C18H16ClN3O3S3/c1-9-14(16(24)25-3)10(2)20-15(9)13(23)8-27-17-21-22(18(26)28-17)12-6-4-11(19)5-7-12/h4-7,20H,8H2,1-3H3. The fourth-order valence-electron chi connectivity index (χ4n) is 2.70. The number of Topliss-reactive ketones (excluding diaryl/α,β-unsaturated/α-hetero) is 1. The van der Waals surface area contributed by atoms with Gasteiger partial charge in [0, 0.05) is 10.7 Å². The number of thioether (sulfide) groups is 1. The molecule has 0 fully saturated rings. The number of ketones is 1. The second-order valence-electron chi connectivity index (χ2n) is 5.85. The summed E-state index contributed by atoms with van der Waals surface area (Å²) < 4.78 is 7.68. The molecule has 2 heterocycles. The van der Waals surface area contributed by atoms with E-state index in [4.69, 9.17) is 28.6 Å². The number of rotatable bonds is 6. The van der Waals surface area contributed by atoms with Crippen molar-refractivity contribution < 1.29 is 14.3 Å². The maximum Gasteiger partial charge on any atom is 0.339 e. The zero-order valence-electron chi connectivity index (χ0n) is 15.2. The molecular formula is C18H16ClN3O3S3. The summed E-state index contributed by atoms with van der Waals surface area (Å²) in [4.78, 5) is 27.5. The molecule has 0 aliphatic rings. The fourth-order valence-corrected chi connectivity index (χ4v) is 5.06. The largest absolute Gasteiger partial charge is 0.465 e. The highest BCUT2D eigenvalue weighted by atomic mass is 35.5. The van der Waals surface area contributed by atoms with Gasteiger partial charge >= 0.3 is 5.97 Å². The van der Waals surface area contributed by atoms with Gasteiger partial charge in [-0.2, -0.15) is 0 Å². The van der Waals surface area contributed by atoms with Crippen LogP contribution < -0.4 is 0 Å². The Bertz CT molecular complexity index is 1100. The molecule has 1 N–H and O–H groups in total. The number of H-pyrrole nitrogens is 1. The lowest BCUT2D eigenvalue weighted by Crippen LogP contribution is -2.07. The number of ether oxygens (including phenoxy) is 1. The summed E-state index contributed by atoms with van der Waals surface area (Å²) >= 11 is 13.9. The van der Waals surface area contributed by atoms with Crippen LogP contribution in [0.2, 0.25) is 5.02 Å². The highest BCUT2D eigenvalue weighted by Crippen LogP contribution is 2.27. The maximum atomic E-state index is 12.6. The highest BCUT2D eigenvalue weighted by Gasteiger charge is 2.22. The van der Waals surface area contributed by atoms with Crippen LogP contribution in [-0.4, -0.2) is 39.4 Å². The number of esters is 1. The minimum Gasteiger partial charge on any atom is -0.465 e. The van der Waals surface area contributed by atoms with Crippen LogP contribution in [0.15, 0.2) is 28.6 Å². The minimum absolute atomic E-state index is 0.125. The number of nitrogens with one attached hydrogen (secondary N) is 1. The van der Waals surface area contributed by atoms with Crippen molar-refractivity contribution in [3.8, 4) is 5.69 Å². The minimum atomic E-state index is -0.461. The molecule has 10 heteroatoms. The van der Waals surface area contributed by atoms with Gasteiger partial charge in [0.05, 0.1) is 29.8 Å². The molecule has 3 aromatic rings. The smallest absolute Gasteiger partial charge is 0.339 e. The first kappa shape index (κ1) is 20.8. The molecule has 6 nitrogen and oxygen atoms in total. The highest BCUT2D eigenvalue weighted by molar-refractivity contribution is 8.01. The summed E-state index contributed by atoms with van der Waals surface area (Å²) in [5.74, 6) is -0.415. The Morgan fingerprint density at radius 2 is 2.00 bits per heavy atom. The molecule has 0 bridgehead atoms. The van der Waals surface area contributed by atoms with Crippen molar-refractivity contribution in [1.29, 1.82) is 0 Å². The topological polar surface area (TPSA) is 77.0 Å². The lowest BCUT2D eigenvalue weighted by Gasteiger charge is -2.01. The van der Waals surface area contributed by atoms with E-state index in [2.05, 4.69) is 10.1 Å². The summed E-state index contributed by atoms with van der Waals surface area (Å²) in [5, 5.41) is 5.11. The van der Waals surface area contributed by atoms with E-state index in [1.807, 2.05) is 12.1 Å². The first-order valence-corrected chi connectivity index (χ1v) is 10.7. The van der Waals surface area contributed by atoms with E-state index in [-0.39, 0.29) is 11.5 Å². The van der Waals surface area contributed by atoms with Crippen LogP contribution in [0.3, 0.4) is 0 Å². The molecule has 0 aliphatic heterocycles. The second kappa shape index (κ2) is 8.60. The van der Waals surface area contributed by atoms with E-state index in [1.54, 1.807) is 30.7 Å². The Morgan fingerprint density at radius 1 is 1.32 bits per heavy atom. The van der Waals surface area contributed by atoms with E-state index in [0.717, 1.165) is 5.69 Å². The predicted molar refractivity (Wildman–Crippen MR) is 114 cm³/mol. The maximum absolute atomic E-state index is 12.6. The normalized spacial score (nSPS) is 10.9. The Balaban J connectivity index is 1.76. The molecule has 0 spiro atoms. The van der Waals surface area contributed by atoms with Gasteiger partial charge in [0.1, 0.15) is 0 Å². The number of hydrogen-bond acceptors (Lipinski definition) is 7. The lowest BCUT2D eigenvalue weighted by molar-refractivity contribution is 0.0599. The summed E-state index contributed by atoms with van der Waals surface area (Å²) in [6.07, 6.45) is 0. The Hall–Kier alpha value is -1.94. The summed E-state index contributed by atoms with van der Waals surface area (Å²) in [7, 11) is 1.32. The molecule has 3 rings (SSSR count). The van der Waals surface area contributed by atoms with Gasteiger partial charge in [-0.3, -0.25) is 4.79 Å². The van der Waals surface area contributed by atoms with Crippen LogP contribution in [0.4, 0.5) is 0 Å². The molecule has 0 saturated carbocycles. The molecule has 0 aliphatic carbocycles. The molecule has 0 saturated heterocycles. The summed E-state index contributed by atoms with van der Waals surface area (Å²) in [6, 6.07) is 7.20. The van der Waals surface area contributed by atoms with Gasteiger partial charge < -0.3 is 9.72 Å². The van der Waals surface area contributed by atoms with E-state index in [1.165, 1.54) is 30.2 Å². The van der Waals surface area contributed by atoms with Crippen molar-refractivity contribution in [3.05, 3.63) is 55.8 Å². The molecule has 0 amide bonds. The molecular weight excluding hydrogens is 438 g/mol. The van der Waals surface area contributed by atoms with Crippen LogP contribution >= 0.6 is 46.9 Å². The van der Waals surface area contributed by atoms with E-state index in [9.17, 15) is 9.59 Å². The van der Waals surface area contributed by atoms with Crippen molar-refractivity contribution in [1.82, 2.24) is 14.8 Å². The van der Waals surface area contributed by atoms with E-state index < -0.39 is 5.97 Å². The predicted octanol–water partition coefficient (Wildman–Crippen LogP) is 5.02. The zero-order chi connectivity index (χ0) is 20.4. The molecule has 0 unspecified atom stereocenters. The van der Waals surface area contributed by atoms with E-state index >= 15 is 0 Å². The average Bonchev–Trinajstić information content (AvgIpc) is 3.19. The van der Waals surface area contributed by atoms with Crippen LogP contribution in [0.1, 0.15) is 32.1 Å². The SMILES string of the molecule is COC(=O)c1c(C)[nH]c(C(=O)CSc2nn(-c3ccc(Cl)cc3)c(=S)s2)c1C. The molecule has 1 aromatic carbocycles. The number of aryl methyl sites for hydroxylation is 1. The van der Waals surface area contributed by atoms with E-state index in [0.29, 0.717) is 35.8 Å². The Morgan fingerprint density at radius 3 is 2.64 bits per heavy atom. The third-order valence-corrected chi connectivity index (χ3v) is 6.65. The van der Waals surface area contributed by atoms with Gasteiger partial charge in [0.2, 0.25) is 0 Å². The fraction of sp³-hybridized carbons (Fsp3) is 0.222. The Labute approximate surface area is 179 Å². The van der Waals surface area contributed by atoms with Crippen molar-refractivity contribution in [3.63, 3.8) is 0 Å². The van der Waals surface area contributed by atoms with Gasteiger partial charge in [0.15, 0.2) is 14.1 Å². The summed E-state index contributed by atoms with van der Waals surface area (Å²) in [6.45, 7) is 3.47. The number of methoxy groups -OCH3 is 1. The van der Waals surface area contributed by atoms with Crippen molar-refractivity contribution >= 4 is 58.7 Å². The number of carbonyl (C=O) groups excluding carboxylic acids is 2. The van der Waals surface area contributed by atoms with Gasteiger partial charge in [0.25, 0.3) is 0 Å². The van der Waals surface area contributed by atoms with Crippen LogP contribution in [0.5, 0.6) is 0 Å². The first-order valence-electron chi connectivity index (χ1n) is 8.11. The van der Waals surface area contributed by atoms with Crippen molar-refractivity contribution in [2.75, 3.05) is 12.9 Å². The van der Waals surface area contributed by atoms with Gasteiger partial charge in [-0.1, -0.05) is 34.7 Å². The van der Waals surface area contributed by atoms with Gasteiger partial charge in [-0.05, 0) is 55.9 Å². The number of hydrogen-bond donors (Lipinski definition) is 1. The van der Waals surface area contributed by atoms with Gasteiger partial charge in [-0.15, -0.1) is 5.10 Å². The van der Waals surface area contributed by atoms with Crippen LogP contribution in [-0.2, 0) is 4.74 Å². The second-order valence-corrected chi connectivity index (χ2v) is 9.13. The molecule has 2 aromatic heterocycles. The molecule has 0 atom stereocenters. The first-order chi connectivity index (χ1) is 13.3. The molecule has 146 valence electrons.